The molecule has 2 aromatic rings. The standard InChI is InChI=1S/C9H10ClN5O/c10-6-2-13-8(7(11)3-16)1-9(6)15-5-12-4-14-15/h1-2,4-5,7,16H,3,11H2/t7-/m1/s1. The highest BCUT2D eigenvalue weighted by atomic mass is 35.5. The van der Waals surface area contributed by atoms with E-state index in [1.807, 2.05) is 0 Å². The van der Waals surface area contributed by atoms with Crippen molar-refractivity contribution in [1.29, 1.82) is 0 Å². The lowest BCUT2D eigenvalue weighted by molar-refractivity contribution is 0.266. The van der Waals surface area contributed by atoms with E-state index in [2.05, 4.69) is 15.1 Å². The van der Waals surface area contributed by atoms with Crippen LogP contribution in [0.2, 0.25) is 5.02 Å². The Morgan fingerprint density at radius 2 is 2.38 bits per heavy atom. The van der Waals surface area contributed by atoms with E-state index in [9.17, 15) is 0 Å². The molecule has 0 aliphatic rings. The summed E-state index contributed by atoms with van der Waals surface area (Å²) in [4.78, 5) is 7.87. The van der Waals surface area contributed by atoms with E-state index in [1.165, 1.54) is 23.5 Å². The molecule has 0 amide bonds. The Balaban J connectivity index is 2.45. The number of nitrogens with two attached hydrogens (primary N) is 1. The van der Waals surface area contributed by atoms with Crippen LogP contribution in [0.15, 0.2) is 24.9 Å². The summed E-state index contributed by atoms with van der Waals surface area (Å²) in [6.45, 7) is -0.175. The van der Waals surface area contributed by atoms with E-state index in [0.29, 0.717) is 16.4 Å². The molecule has 0 fully saturated rings. The summed E-state index contributed by atoms with van der Waals surface area (Å²) in [5, 5.41) is 13.4. The average Bonchev–Trinajstić information content (AvgIpc) is 2.82. The molecule has 0 aromatic carbocycles. The van der Waals surface area contributed by atoms with Crippen LogP contribution in [0.3, 0.4) is 0 Å². The minimum absolute atomic E-state index is 0.175. The SMILES string of the molecule is N[C@H](CO)c1cc(-n2cncn2)c(Cl)cn1. The van der Waals surface area contributed by atoms with Crippen molar-refractivity contribution in [2.24, 2.45) is 5.73 Å². The Hall–Kier alpha value is -1.50. The van der Waals surface area contributed by atoms with Crippen LogP contribution in [0.5, 0.6) is 0 Å². The monoisotopic (exact) mass is 239 g/mol. The Labute approximate surface area is 96.7 Å². The van der Waals surface area contributed by atoms with Gasteiger partial charge in [0, 0.05) is 6.20 Å². The maximum Gasteiger partial charge on any atom is 0.138 e. The van der Waals surface area contributed by atoms with Gasteiger partial charge in [-0.05, 0) is 6.07 Å². The lowest BCUT2D eigenvalue weighted by Crippen LogP contribution is -2.16. The number of hydrogen-bond donors (Lipinski definition) is 2. The van der Waals surface area contributed by atoms with Gasteiger partial charge in [0.1, 0.15) is 12.7 Å². The van der Waals surface area contributed by atoms with Crippen molar-refractivity contribution in [3.63, 3.8) is 0 Å². The molecule has 0 saturated carbocycles. The molecule has 0 saturated heterocycles. The lowest BCUT2D eigenvalue weighted by Gasteiger charge is -2.10. The maximum absolute atomic E-state index is 8.95. The van der Waals surface area contributed by atoms with E-state index < -0.39 is 6.04 Å². The molecule has 0 unspecified atom stereocenters. The minimum Gasteiger partial charge on any atom is -0.394 e. The van der Waals surface area contributed by atoms with E-state index in [4.69, 9.17) is 22.4 Å². The Kier molecular flexibility index (Phi) is 3.14. The summed E-state index contributed by atoms with van der Waals surface area (Å²) in [5.74, 6) is 0. The molecule has 0 aliphatic heterocycles. The molecular formula is C9H10ClN5O. The van der Waals surface area contributed by atoms with Gasteiger partial charge in [-0.15, -0.1) is 0 Å². The highest BCUT2D eigenvalue weighted by molar-refractivity contribution is 6.32. The second kappa shape index (κ2) is 4.56. The van der Waals surface area contributed by atoms with Gasteiger partial charge in [0.25, 0.3) is 0 Å². The highest BCUT2D eigenvalue weighted by Crippen LogP contribution is 2.21. The molecule has 0 aliphatic carbocycles. The molecule has 7 heteroatoms. The number of halogens is 1. The number of hydrogen-bond acceptors (Lipinski definition) is 5. The van der Waals surface area contributed by atoms with Crippen molar-refractivity contribution in [3.05, 3.63) is 35.6 Å². The van der Waals surface area contributed by atoms with E-state index >= 15 is 0 Å². The molecule has 2 rings (SSSR count). The summed E-state index contributed by atoms with van der Waals surface area (Å²) in [7, 11) is 0. The van der Waals surface area contributed by atoms with Crippen LogP contribution in [0.1, 0.15) is 11.7 Å². The molecule has 84 valence electrons. The zero-order chi connectivity index (χ0) is 11.5. The Morgan fingerprint density at radius 1 is 1.56 bits per heavy atom. The zero-order valence-corrected chi connectivity index (χ0v) is 9.04. The summed E-state index contributed by atoms with van der Waals surface area (Å²) >= 11 is 5.98. The van der Waals surface area contributed by atoms with Crippen molar-refractivity contribution in [1.82, 2.24) is 19.7 Å². The molecule has 16 heavy (non-hydrogen) atoms. The molecule has 0 radical (unpaired) electrons. The molecular weight excluding hydrogens is 230 g/mol. The van der Waals surface area contributed by atoms with Crippen LogP contribution < -0.4 is 5.73 Å². The molecule has 6 nitrogen and oxygen atoms in total. The minimum atomic E-state index is -0.528. The normalized spacial score (nSPS) is 12.7. The number of aromatic nitrogens is 4. The fraction of sp³-hybridized carbons (Fsp3) is 0.222. The van der Waals surface area contributed by atoms with Crippen molar-refractivity contribution in [2.45, 2.75) is 6.04 Å². The van der Waals surface area contributed by atoms with E-state index in [1.54, 1.807) is 6.07 Å². The summed E-state index contributed by atoms with van der Waals surface area (Å²) in [6.07, 6.45) is 4.40. The number of pyridine rings is 1. The Morgan fingerprint density at radius 3 is 3.00 bits per heavy atom. The molecule has 0 spiro atoms. The highest BCUT2D eigenvalue weighted by Gasteiger charge is 2.11. The number of aliphatic hydroxyl groups is 1. The van der Waals surface area contributed by atoms with Gasteiger partial charge < -0.3 is 10.8 Å². The van der Waals surface area contributed by atoms with Crippen LogP contribution in [-0.2, 0) is 0 Å². The van der Waals surface area contributed by atoms with Crippen LogP contribution >= 0.6 is 11.6 Å². The molecule has 2 aromatic heterocycles. The summed E-state index contributed by atoms with van der Waals surface area (Å²) in [5.41, 5.74) is 6.85. The van der Waals surface area contributed by atoms with E-state index in [-0.39, 0.29) is 6.61 Å². The lowest BCUT2D eigenvalue weighted by atomic mass is 10.2. The van der Waals surface area contributed by atoms with Gasteiger partial charge in [-0.2, -0.15) is 5.10 Å². The first kappa shape index (κ1) is 11.0. The van der Waals surface area contributed by atoms with Gasteiger partial charge in [0.05, 0.1) is 29.1 Å². The number of aliphatic hydroxyl groups excluding tert-OH is 1. The predicted molar refractivity (Wildman–Crippen MR) is 58.2 cm³/mol. The van der Waals surface area contributed by atoms with Gasteiger partial charge in [0.15, 0.2) is 0 Å². The average molecular weight is 240 g/mol. The predicted octanol–water partition coefficient (Wildman–Crippen LogP) is 0.308. The topological polar surface area (TPSA) is 89.8 Å². The van der Waals surface area contributed by atoms with Gasteiger partial charge in [-0.25, -0.2) is 9.67 Å². The van der Waals surface area contributed by atoms with Crippen molar-refractivity contribution >= 4 is 11.6 Å². The first-order valence-corrected chi connectivity index (χ1v) is 4.97. The maximum atomic E-state index is 8.95. The van der Waals surface area contributed by atoms with Crippen LogP contribution in [0.25, 0.3) is 5.69 Å². The zero-order valence-electron chi connectivity index (χ0n) is 8.29. The third-order valence-electron chi connectivity index (χ3n) is 2.10. The fourth-order valence-electron chi connectivity index (χ4n) is 1.25. The smallest absolute Gasteiger partial charge is 0.138 e. The molecule has 0 bridgehead atoms. The second-order valence-corrected chi connectivity index (χ2v) is 3.60. The first-order chi connectivity index (χ1) is 7.72. The van der Waals surface area contributed by atoms with Crippen LogP contribution in [-0.4, -0.2) is 31.5 Å². The first-order valence-electron chi connectivity index (χ1n) is 4.59. The number of rotatable bonds is 3. The largest absolute Gasteiger partial charge is 0.394 e. The summed E-state index contributed by atoms with van der Waals surface area (Å²) < 4.78 is 1.51. The van der Waals surface area contributed by atoms with Gasteiger partial charge in [0.2, 0.25) is 0 Å². The third kappa shape index (κ3) is 2.04. The van der Waals surface area contributed by atoms with E-state index in [0.717, 1.165) is 0 Å². The molecule has 1 atom stereocenters. The third-order valence-corrected chi connectivity index (χ3v) is 2.39. The van der Waals surface area contributed by atoms with Gasteiger partial charge in [-0.1, -0.05) is 11.6 Å². The summed E-state index contributed by atoms with van der Waals surface area (Å²) in [6, 6.07) is 1.15. The van der Waals surface area contributed by atoms with Crippen molar-refractivity contribution in [3.8, 4) is 5.69 Å². The van der Waals surface area contributed by atoms with Crippen LogP contribution in [0.4, 0.5) is 0 Å². The van der Waals surface area contributed by atoms with Crippen molar-refractivity contribution in [2.75, 3.05) is 6.61 Å². The fourth-order valence-corrected chi connectivity index (χ4v) is 1.44. The molecule has 2 heterocycles. The van der Waals surface area contributed by atoms with Crippen LogP contribution in [0, 0.1) is 0 Å². The second-order valence-electron chi connectivity index (χ2n) is 3.19. The molecule has 3 N–H and O–H groups in total. The van der Waals surface area contributed by atoms with Gasteiger partial charge in [-0.3, -0.25) is 4.98 Å². The number of nitrogens with zero attached hydrogens (tertiary/aromatic N) is 4. The Bertz CT molecular complexity index is 473. The quantitative estimate of drug-likeness (QED) is 0.805. The van der Waals surface area contributed by atoms with Crippen molar-refractivity contribution < 1.29 is 5.11 Å². The van der Waals surface area contributed by atoms with Gasteiger partial charge >= 0.3 is 0 Å².